The zero-order valence-electron chi connectivity index (χ0n) is 16.5. The quantitative estimate of drug-likeness (QED) is 0.862. The van der Waals surface area contributed by atoms with Gasteiger partial charge in [-0.2, -0.15) is 0 Å². The Hall–Kier alpha value is -3.35. The summed E-state index contributed by atoms with van der Waals surface area (Å²) in [6.45, 7) is 2.24. The molecule has 0 bridgehead atoms. The minimum atomic E-state index is -0.913. The Kier molecular flexibility index (Phi) is 4.53. The molecule has 2 aromatic rings. The molecule has 0 aromatic heterocycles. The van der Waals surface area contributed by atoms with Gasteiger partial charge in [0.05, 0.1) is 36.8 Å². The van der Waals surface area contributed by atoms with E-state index in [1.807, 2.05) is 0 Å². The monoisotopic (exact) mass is 394 g/mol. The summed E-state index contributed by atoms with van der Waals surface area (Å²) in [5.41, 5.74) is 0.208. The van der Waals surface area contributed by atoms with E-state index in [1.54, 1.807) is 54.3 Å². The van der Waals surface area contributed by atoms with Crippen LogP contribution in [0.5, 0.6) is 11.5 Å². The van der Waals surface area contributed by atoms with Crippen LogP contribution in [-0.2, 0) is 0 Å². The molecule has 150 valence electrons. The Balaban J connectivity index is 1.69. The molecule has 0 aliphatic carbocycles. The molecule has 29 heavy (non-hydrogen) atoms. The van der Waals surface area contributed by atoms with Gasteiger partial charge >= 0.3 is 0 Å². The fraction of sp³-hybridized carbons (Fsp3) is 0.318. The summed E-state index contributed by atoms with van der Waals surface area (Å²) in [5, 5.41) is 2.95. The number of fused-ring (bicyclic) bond motifs is 2. The van der Waals surface area contributed by atoms with Crippen molar-refractivity contribution in [2.75, 3.05) is 27.3 Å². The first-order valence-electron chi connectivity index (χ1n) is 9.35. The van der Waals surface area contributed by atoms with E-state index >= 15 is 0 Å². The lowest BCUT2D eigenvalue weighted by molar-refractivity contribution is 0.0737. The number of nitrogens with zero attached hydrogens (tertiary/aromatic N) is 1. The van der Waals surface area contributed by atoms with E-state index in [4.69, 9.17) is 9.47 Å². The number of hydrogen-bond donors (Lipinski definition) is 1. The van der Waals surface area contributed by atoms with Crippen LogP contribution in [0.4, 0.5) is 0 Å². The zero-order valence-corrected chi connectivity index (χ0v) is 16.5. The molecule has 4 rings (SSSR count). The van der Waals surface area contributed by atoms with Crippen molar-refractivity contribution in [2.24, 2.45) is 5.41 Å². The van der Waals surface area contributed by atoms with Gasteiger partial charge in [0, 0.05) is 18.7 Å². The SMILES string of the molecule is COc1ccc(OC)c(C(=O)N2C[C@H]3NC(=O)c4ccccc4C(=O)[C@@]3(C)C2)c1. The normalized spacial score (nSPS) is 23.0. The van der Waals surface area contributed by atoms with Crippen molar-refractivity contribution in [2.45, 2.75) is 13.0 Å². The number of carbonyl (C=O) groups is 3. The molecule has 2 aliphatic rings. The van der Waals surface area contributed by atoms with E-state index in [9.17, 15) is 14.4 Å². The highest BCUT2D eigenvalue weighted by Gasteiger charge is 2.53. The van der Waals surface area contributed by atoms with Crippen LogP contribution in [0.25, 0.3) is 0 Å². The molecule has 0 radical (unpaired) electrons. The lowest BCUT2D eigenvalue weighted by Gasteiger charge is -2.26. The van der Waals surface area contributed by atoms with Crippen LogP contribution in [-0.4, -0.2) is 55.8 Å². The first-order valence-corrected chi connectivity index (χ1v) is 9.35. The molecule has 0 saturated carbocycles. The Labute approximate surface area is 168 Å². The molecule has 2 aliphatic heterocycles. The number of ether oxygens (including phenoxy) is 2. The van der Waals surface area contributed by atoms with Crippen molar-refractivity contribution < 1.29 is 23.9 Å². The number of methoxy groups -OCH3 is 2. The highest BCUT2D eigenvalue weighted by Crippen LogP contribution is 2.38. The van der Waals surface area contributed by atoms with Gasteiger partial charge in [-0.05, 0) is 31.2 Å². The number of Topliss-reactive ketones (excluding diaryl/α,β-unsaturated/α-hetero) is 1. The number of nitrogens with one attached hydrogen (secondary N) is 1. The van der Waals surface area contributed by atoms with Crippen molar-refractivity contribution in [3.05, 3.63) is 59.2 Å². The number of rotatable bonds is 3. The Morgan fingerprint density at radius 3 is 2.52 bits per heavy atom. The number of likely N-dealkylation sites (tertiary alicyclic amines) is 1. The molecule has 2 aromatic carbocycles. The van der Waals surface area contributed by atoms with Crippen LogP contribution in [0.2, 0.25) is 0 Å². The molecule has 1 fully saturated rings. The summed E-state index contributed by atoms with van der Waals surface area (Å²) < 4.78 is 10.6. The maximum atomic E-state index is 13.3. The fourth-order valence-electron chi connectivity index (χ4n) is 4.16. The molecule has 2 heterocycles. The van der Waals surface area contributed by atoms with Crippen LogP contribution >= 0.6 is 0 Å². The maximum Gasteiger partial charge on any atom is 0.257 e. The second-order valence-corrected chi connectivity index (χ2v) is 7.57. The number of ketones is 1. The second kappa shape index (κ2) is 6.92. The smallest absolute Gasteiger partial charge is 0.257 e. The number of amides is 2. The highest BCUT2D eigenvalue weighted by atomic mass is 16.5. The van der Waals surface area contributed by atoms with Gasteiger partial charge in [-0.3, -0.25) is 14.4 Å². The number of benzene rings is 2. The summed E-state index contributed by atoms with van der Waals surface area (Å²) in [5.74, 6) is 0.256. The van der Waals surface area contributed by atoms with Gasteiger partial charge in [0.15, 0.2) is 5.78 Å². The van der Waals surface area contributed by atoms with Gasteiger partial charge in [0.25, 0.3) is 11.8 Å². The number of carbonyl (C=O) groups excluding carboxylic acids is 3. The molecule has 2 atom stereocenters. The molecule has 0 unspecified atom stereocenters. The van der Waals surface area contributed by atoms with Crippen LogP contribution in [0.3, 0.4) is 0 Å². The van der Waals surface area contributed by atoms with Crippen LogP contribution in [0.15, 0.2) is 42.5 Å². The standard InChI is InChI=1S/C22H22N2O5/c1-22-12-24(21(27)16-10-13(28-2)8-9-17(16)29-3)11-18(22)23-20(26)15-7-5-4-6-14(15)19(22)25/h4-10,18H,11-12H2,1-3H3,(H,23,26)/t18-,22+/m1/s1. The number of hydrogen-bond acceptors (Lipinski definition) is 5. The van der Waals surface area contributed by atoms with Crippen molar-refractivity contribution in [3.63, 3.8) is 0 Å². The third-order valence-corrected chi connectivity index (χ3v) is 5.86. The lowest BCUT2D eigenvalue weighted by Crippen LogP contribution is -2.47. The van der Waals surface area contributed by atoms with E-state index < -0.39 is 11.5 Å². The van der Waals surface area contributed by atoms with Gasteiger partial charge in [0.2, 0.25) is 0 Å². The fourth-order valence-corrected chi connectivity index (χ4v) is 4.16. The molecular formula is C22H22N2O5. The average Bonchev–Trinajstić information content (AvgIpc) is 3.06. The predicted octanol–water partition coefficient (Wildman–Crippen LogP) is 2.16. The topological polar surface area (TPSA) is 84.9 Å². The van der Waals surface area contributed by atoms with Gasteiger partial charge in [0.1, 0.15) is 11.5 Å². The minimum absolute atomic E-state index is 0.135. The molecule has 0 spiro atoms. The highest BCUT2D eigenvalue weighted by molar-refractivity contribution is 6.13. The van der Waals surface area contributed by atoms with E-state index in [-0.39, 0.29) is 30.7 Å². The summed E-state index contributed by atoms with van der Waals surface area (Å²) >= 11 is 0. The van der Waals surface area contributed by atoms with E-state index in [1.165, 1.54) is 14.2 Å². The molecule has 7 heteroatoms. The van der Waals surface area contributed by atoms with Crippen molar-refractivity contribution >= 4 is 17.6 Å². The van der Waals surface area contributed by atoms with Crippen LogP contribution in [0, 0.1) is 5.41 Å². The molecular weight excluding hydrogens is 372 g/mol. The van der Waals surface area contributed by atoms with Crippen molar-refractivity contribution in [1.82, 2.24) is 10.2 Å². The Morgan fingerprint density at radius 1 is 1.10 bits per heavy atom. The van der Waals surface area contributed by atoms with E-state index in [2.05, 4.69) is 5.32 Å². The van der Waals surface area contributed by atoms with Crippen LogP contribution < -0.4 is 14.8 Å². The first-order chi connectivity index (χ1) is 13.9. The zero-order chi connectivity index (χ0) is 20.8. The van der Waals surface area contributed by atoms with Gasteiger partial charge in [-0.25, -0.2) is 0 Å². The van der Waals surface area contributed by atoms with E-state index in [0.717, 1.165) is 0 Å². The average molecular weight is 394 g/mol. The molecule has 1 N–H and O–H groups in total. The van der Waals surface area contributed by atoms with Gasteiger partial charge in [-0.1, -0.05) is 18.2 Å². The molecule has 1 saturated heterocycles. The third-order valence-electron chi connectivity index (χ3n) is 5.86. The van der Waals surface area contributed by atoms with Crippen molar-refractivity contribution in [3.8, 4) is 11.5 Å². The van der Waals surface area contributed by atoms with Crippen LogP contribution in [0.1, 0.15) is 38.0 Å². The summed E-state index contributed by atoms with van der Waals surface area (Å²) in [4.78, 5) is 40.9. The molecule has 7 nitrogen and oxygen atoms in total. The summed E-state index contributed by atoms with van der Waals surface area (Å²) in [7, 11) is 3.02. The van der Waals surface area contributed by atoms with Crippen molar-refractivity contribution in [1.29, 1.82) is 0 Å². The van der Waals surface area contributed by atoms with E-state index in [0.29, 0.717) is 28.2 Å². The Bertz CT molecular complexity index is 1020. The summed E-state index contributed by atoms with van der Waals surface area (Å²) in [6, 6.07) is 11.3. The second-order valence-electron chi connectivity index (χ2n) is 7.57. The maximum absolute atomic E-state index is 13.3. The largest absolute Gasteiger partial charge is 0.497 e. The predicted molar refractivity (Wildman–Crippen MR) is 106 cm³/mol. The Morgan fingerprint density at radius 2 is 1.83 bits per heavy atom. The molecule has 2 amide bonds. The summed E-state index contributed by atoms with van der Waals surface area (Å²) in [6.07, 6.45) is 0. The first kappa shape index (κ1) is 19.0. The third kappa shape index (κ3) is 2.93. The lowest BCUT2D eigenvalue weighted by atomic mass is 9.78. The minimum Gasteiger partial charge on any atom is -0.497 e. The van der Waals surface area contributed by atoms with Gasteiger partial charge < -0.3 is 19.7 Å². The van der Waals surface area contributed by atoms with Gasteiger partial charge in [-0.15, -0.1) is 0 Å².